The van der Waals surface area contributed by atoms with E-state index in [2.05, 4.69) is 9.72 Å². The lowest BCUT2D eigenvalue weighted by Crippen LogP contribution is -2.38. The van der Waals surface area contributed by atoms with E-state index in [4.69, 9.17) is 4.98 Å². The molecule has 0 radical (unpaired) electrons. The Labute approximate surface area is 167 Å². The van der Waals surface area contributed by atoms with Crippen LogP contribution in [0.15, 0.2) is 35.6 Å². The first-order chi connectivity index (χ1) is 13.5. The molecule has 6 nitrogen and oxygen atoms in total. The third-order valence-corrected chi connectivity index (χ3v) is 5.59. The second kappa shape index (κ2) is 9.14. The molecule has 0 unspecified atom stereocenters. The number of carbonyl (C=O) groups is 2. The zero-order valence-electron chi connectivity index (χ0n) is 15.9. The highest BCUT2D eigenvalue weighted by atomic mass is 32.2. The normalized spacial score (nSPS) is 16.7. The first-order valence-corrected chi connectivity index (χ1v) is 10.0. The number of aromatic nitrogens is 2. The molecule has 1 fully saturated rings. The summed E-state index contributed by atoms with van der Waals surface area (Å²) in [5, 5.41) is 0.478. The maximum Gasteiger partial charge on any atom is 0.316 e. The first-order valence-electron chi connectivity index (χ1n) is 9.06. The van der Waals surface area contributed by atoms with Gasteiger partial charge >= 0.3 is 5.97 Å². The number of nitrogens with zero attached hydrogens (tertiary/aromatic N) is 3. The summed E-state index contributed by atoms with van der Waals surface area (Å²) in [6, 6.07) is 6.21. The quantitative estimate of drug-likeness (QED) is 0.433. The summed E-state index contributed by atoms with van der Waals surface area (Å²) in [5.41, 5.74) is 2.46. The lowest BCUT2D eigenvalue weighted by Gasteiger charge is -2.32. The summed E-state index contributed by atoms with van der Waals surface area (Å²) in [6.45, 7) is 2.90. The molecule has 1 aliphatic rings. The average Bonchev–Trinajstić information content (AvgIpc) is 2.72. The summed E-state index contributed by atoms with van der Waals surface area (Å²) in [6.07, 6.45) is 3.50. The highest BCUT2D eigenvalue weighted by Gasteiger charge is 2.27. The van der Waals surface area contributed by atoms with Gasteiger partial charge in [-0.3, -0.25) is 9.59 Å². The van der Waals surface area contributed by atoms with Crippen molar-refractivity contribution >= 4 is 23.6 Å². The fourth-order valence-corrected chi connectivity index (χ4v) is 3.93. The van der Waals surface area contributed by atoms with E-state index in [-0.39, 0.29) is 29.4 Å². The monoisotopic (exact) mass is 403 g/mol. The number of halogens is 1. The Bertz CT molecular complexity index is 860. The summed E-state index contributed by atoms with van der Waals surface area (Å²) in [4.78, 5) is 34.2. The zero-order chi connectivity index (χ0) is 20.1. The van der Waals surface area contributed by atoms with Crippen LogP contribution in [0.5, 0.6) is 0 Å². The molecule has 1 saturated heterocycles. The van der Waals surface area contributed by atoms with Crippen molar-refractivity contribution in [3.8, 4) is 11.1 Å². The molecule has 1 amide bonds. The number of ether oxygens (including phenoxy) is 1. The van der Waals surface area contributed by atoms with Gasteiger partial charge in [0.1, 0.15) is 5.82 Å². The third kappa shape index (κ3) is 4.86. The lowest BCUT2D eigenvalue weighted by atomic mass is 9.90. The number of amides is 1. The van der Waals surface area contributed by atoms with E-state index < -0.39 is 0 Å². The van der Waals surface area contributed by atoms with Crippen LogP contribution in [0.2, 0.25) is 0 Å². The van der Waals surface area contributed by atoms with Crippen LogP contribution in [0.3, 0.4) is 0 Å². The fourth-order valence-electron chi connectivity index (χ4n) is 3.28. The topological polar surface area (TPSA) is 72.4 Å². The molecule has 1 aromatic heterocycles. The van der Waals surface area contributed by atoms with Crippen LogP contribution in [0.1, 0.15) is 31.4 Å². The van der Waals surface area contributed by atoms with E-state index in [9.17, 15) is 14.0 Å². The van der Waals surface area contributed by atoms with E-state index in [0.717, 1.165) is 36.2 Å². The number of methoxy groups -OCH3 is 1. The lowest BCUT2D eigenvalue weighted by molar-refractivity contribution is -0.137. The number of esters is 1. The Hall–Kier alpha value is -2.48. The predicted molar refractivity (Wildman–Crippen MR) is 104 cm³/mol. The van der Waals surface area contributed by atoms with E-state index in [0.29, 0.717) is 11.7 Å². The number of benzene rings is 1. The van der Waals surface area contributed by atoms with Gasteiger partial charge in [0.2, 0.25) is 5.91 Å². The Balaban J connectivity index is 1.95. The minimum atomic E-state index is -0.349. The zero-order valence-corrected chi connectivity index (χ0v) is 16.7. The van der Waals surface area contributed by atoms with Crippen molar-refractivity contribution in [2.75, 3.05) is 26.0 Å². The maximum atomic E-state index is 13.3. The van der Waals surface area contributed by atoms with Crippen LogP contribution >= 0.6 is 11.8 Å². The Morgan fingerprint density at radius 3 is 2.75 bits per heavy atom. The highest BCUT2D eigenvalue weighted by molar-refractivity contribution is 7.99. The van der Waals surface area contributed by atoms with Gasteiger partial charge in [0.05, 0.1) is 18.6 Å². The van der Waals surface area contributed by atoms with Gasteiger partial charge in [-0.2, -0.15) is 0 Å². The first kappa shape index (κ1) is 20.3. The predicted octanol–water partition coefficient (Wildman–Crippen LogP) is 3.27. The Morgan fingerprint density at radius 1 is 1.32 bits per heavy atom. The fraction of sp³-hybridized carbons (Fsp3) is 0.400. The number of piperidine rings is 1. The van der Waals surface area contributed by atoms with E-state index in [1.54, 1.807) is 25.3 Å². The van der Waals surface area contributed by atoms with Crippen molar-refractivity contribution < 1.29 is 18.7 Å². The molecule has 0 bridgehead atoms. The number of rotatable bonds is 5. The van der Waals surface area contributed by atoms with Gasteiger partial charge < -0.3 is 9.64 Å². The number of hydrogen-bond donors (Lipinski definition) is 0. The number of likely N-dealkylation sites (tertiary alicyclic amines) is 1. The molecule has 2 aromatic rings. The van der Waals surface area contributed by atoms with Crippen LogP contribution in [-0.4, -0.2) is 52.7 Å². The number of thioether (sulfide) groups is 1. The molecule has 3 rings (SSSR count). The minimum Gasteiger partial charge on any atom is -0.468 e. The van der Waals surface area contributed by atoms with Gasteiger partial charge in [0.15, 0.2) is 5.16 Å². The molecule has 1 aliphatic heterocycles. The maximum absolute atomic E-state index is 13.3. The van der Waals surface area contributed by atoms with Crippen LogP contribution in [0.25, 0.3) is 11.1 Å². The molecule has 0 aliphatic carbocycles. The van der Waals surface area contributed by atoms with Crippen molar-refractivity contribution in [3.05, 3.63) is 42.0 Å². The van der Waals surface area contributed by atoms with Crippen molar-refractivity contribution in [2.45, 2.75) is 30.8 Å². The molecule has 0 N–H and O–H groups in total. The van der Waals surface area contributed by atoms with Gasteiger partial charge in [-0.05, 0) is 30.5 Å². The SMILES string of the molecule is COC(=O)CSc1ncc(-c2ccc(F)cc2)c([C@@H]2CCCN(C(C)=O)C2)n1. The molecular weight excluding hydrogens is 381 g/mol. The number of carbonyl (C=O) groups excluding carboxylic acids is 2. The molecule has 8 heteroatoms. The molecule has 28 heavy (non-hydrogen) atoms. The van der Waals surface area contributed by atoms with Crippen LogP contribution in [-0.2, 0) is 14.3 Å². The van der Waals surface area contributed by atoms with E-state index >= 15 is 0 Å². The van der Waals surface area contributed by atoms with E-state index in [1.807, 2.05) is 4.90 Å². The summed E-state index contributed by atoms with van der Waals surface area (Å²) < 4.78 is 18.0. The molecule has 2 heterocycles. The highest BCUT2D eigenvalue weighted by Crippen LogP contribution is 2.34. The number of hydrogen-bond acceptors (Lipinski definition) is 6. The standard InChI is InChI=1S/C20H22FN3O3S/c1-13(25)24-9-3-4-15(11-24)19-17(14-5-7-16(21)8-6-14)10-22-20(23-19)28-12-18(26)27-2/h5-8,10,15H,3-4,9,11-12H2,1-2H3/t15-/m1/s1. The van der Waals surface area contributed by atoms with Crippen LogP contribution in [0.4, 0.5) is 4.39 Å². The molecule has 148 valence electrons. The molecule has 1 atom stereocenters. The average molecular weight is 403 g/mol. The largest absolute Gasteiger partial charge is 0.468 e. The van der Waals surface area contributed by atoms with Gasteiger partial charge in [-0.25, -0.2) is 14.4 Å². The van der Waals surface area contributed by atoms with Crippen molar-refractivity contribution in [1.29, 1.82) is 0 Å². The molecular formula is C20H22FN3O3S. The third-order valence-electron chi connectivity index (χ3n) is 4.75. The second-order valence-corrected chi connectivity index (χ2v) is 7.57. The van der Waals surface area contributed by atoms with Gasteiger partial charge in [0.25, 0.3) is 0 Å². The molecule has 0 saturated carbocycles. The van der Waals surface area contributed by atoms with Gasteiger partial charge in [0, 0.05) is 37.7 Å². The van der Waals surface area contributed by atoms with Gasteiger partial charge in [-0.15, -0.1) is 0 Å². The van der Waals surface area contributed by atoms with E-state index in [1.165, 1.54) is 31.0 Å². The smallest absolute Gasteiger partial charge is 0.316 e. The minimum absolute atomic E-state index is 0.0439. The summed E-state index contributed by atoms with van der Waals surface area (Å²) >= 11 is 1.21. The Kier molecular flexibility index (Phi) is 6.61. The van der Waals surface area contributed by atoms with Crippen molar-refractivity contribution in [3.63, 3.8) is 0 Å². The van der Waals surface area contributed by atoms with Crippen LogP contribution in [0, 0.1) is 5.82 Å². The molecule has 0 spiro atoms. The van der Waals surface area contributed by atoms with Crippen molar-refractivity contribution in [2.24, 2.45) is 0 Å². The second-order valence-electron chi connectivity index (χ2n) is 6.63. The van der Waals surface area contributed by atoms with Crippen LogP contribution < -0.4 is 0 Å². The van der Waals surface area contributed by atoms with Gasteiger partial charge in [-0.1, -0.05) is 23.9 Å². The Morgan fingerprint density at radius 2 is 2.07 bits per heavy atom. The molecule has 1 aromatic carbocycles. The summed E-state index contributed by atoms with van der Waals surface area (Å²) in [5.74, 6) is -0.438. The van der Waals surface area contributed by atoms with Crippen molar-refractivity contribution in [1.82, 2.24) is 14.9 Å². The summed E-state index contributed by atoms with van der Waals surface area (Å²) in [7, 11) is 1.34.